The Morgan fingerprint density at radius 2 is 1.89 bits per heavy atom. The number of rotatable bonds is 3. The normalized spacial score (nSPS) is 29.2. The number of carbonyl (C=O) groups excluding carboxylic acids is 2. The highest BCUT2D eigenvalue weighted by atomic mass is 16.2. The van der Waals surface area contributed by atoms with E-state index in [1.165, 1.54) is 0 Å². The molecule has 2 atom stereocenters. The van der Waals surface area contributed by atoms with Gasteiger partial charge >= 0.3 is 0 Å². The lowest BCUT2D eigenvalue weighted by Crippen LogP contribution is -2.48. The zero-order valence-electron chi connectivity index (χ0n) is 11.7. The molecular weight excluding hydrogens is 242 g/mol. The van der Waals surface area contributed by atoms with Crippen LogP contribution in [0.2, 0.25) is 0 Å². The van der Waals surface area contributed by atoms with Crippen LogP contribution in [0.1, 0.15) is 39.0 Å². The van der Waals surface area contributed by atoms with Crippen molar-refractivity contribution >= 4 is 11.8 Å². The Bertz CT molecular complexity index is 330. The number of nitrogens with two attached hydrogens (primary N) is 1. The predicted molar refractivity (Wildman–Crippen MR) is 73.3 cm³/mol. The van der Waals surface area contributed by atoms with E-state index >= 15 is 0 Å². The molecule has 0 aromatic heterocycles. The van der Waals surface area contributed by atoms with Crippen molar-refractivity contribution < 1.29 is 9.59 Å². The Balaban J connectivity index is 1.77. The highest BCUT2D eigenvalue weighted by Gasteiger charge is 2.30. The van der Waals surface area contributed by atoms with Gasteiger partial charge in [0.2, 0.25) is 11.8 Å². The summed E-state index contributed by atoms with van der Waals surface area (Å²) in [5.41, 5.74) is 5.22. The zero-order valence-corrected chi connectivity index (χ0v) is 11.7. The maximum Gasteiger partial charge on any atom is 0.226 e. The summed E-state index contributed by atoms with van der Waals surface area (Å²) in [7, 11) is 0. The summed E-state index contributed by atoms with van der Waals surface area (Å²) in [6.45, 7) is 4.53. The molecule has 2 aliphatic heterocycles. The van der Waals surface area contributed by atoms with Crippen molar-refractivity contribution in [2.75, 3.05) is 19.6 Å². The number of hydrogen-bond donors (Lipinski definition) is 2. The third-order valence-corrected chi connectivity index (χ3v) is 4.43. The molecule has 5 heteroatoms. The van der Waals surface area contributed by atoms with Gasteiger partial charge in [-0.25, -0.2) is 0 Å². The number of nitrogens with zero attached hydrogens (tertiary/aromatic N) is 1. The van der Waals surface area contributed by atoms with E-state index in [-0.39, 0.29) is 17.7 Å². The van der Waals surface area contributed by atoms with Crippen LogP contribution in [0.5, 0.6) is 0 Å². The van der Waals surface area contributed by atoms with Crippen LogP contribution in [0.15, 0.2) is 0 Å². The first-order chi connectivity index (χ1) is 9.06. The van der Waals surface area contributed by atoms with Crippen molar-refractivity contribution in [3.05, 3.63) is 0 Å². The first-order valence-electron chi connectivity index (χ1n) is 7.36. The summed E-state index contributed by atoms with van der Waals surface area (Å²) in [4.78, 5) is 25.2. The van der Waals surface area contributed by atoms with Crippen molar-refractivity contribution in [2.45, 2.75) is 45.1 Å². The molecule has 2 fully saturated rings. The van der Waals surface area contributed by atoms with E-state index in [1.54, 1.807) is 0 Å². The Morgan fingerprint density at radius 3 is 2.42 bits per heavy atom. The van der Waals surface area contributed by atoms with Gasteiger partial charge in [-0.3, -0.25) is 9.59 Å². The smallest absolute Gasteiger partial charge is 0.226 e. The topological polar surface area (TPSA) is 75.4 Å². The number of hydrogen-bond acceptors (Lipinski definition) is 3. The van der Waals surface area contributed by atoms with Crippen molar-refractivity contribution in [3.8, 4) is 0 Å². The summed E-state index contributed by atoms with van der Waals surface area (Å²) >= 11 is 0. The summed E-state index contributed by atoms with van der Waals surface area (Å²) in [5, 5.41) is 3.38. The van der Waals surface area contributed by atoms with Gasteiger partial charge < -0.3 is 16.0 Å². The Labute approximate surface area is 114 Å². The molecule has 0 radical (unpaired) electrons. The zero-order chi connectivity index (χ0) is 13.8. The van der Waals surface area contributed by atoms with Crippen LogP contribution in [-0.2, 0) is 9.59 Å². The van der Waals surface area contributed by atoms with E-state index in [0.717, 1.165) is 45.3 Å². The maximum atomic E-state index is 12.4. The second-order valence-corrected chi connectivity index (χ2v) is 6.02. The number of likely N-dealkylation sites (tertiary alicyclic amines) is 1. The van der Waals surface area contributed by atoms with Crippen LogP contribution in [0.4, 0.5) is 0 Å². The van der Waals surface area contributed by atoms with Crippen LogP contribution >= 0.6 is 0 Å². The van der Waals surface area contributed by atoms with Gasteiger partial charge in [0.1, 0.15) is 0 Å². The maximum absolute atomic E-state index is 12.4. The highest BCUT2D eigenvalue weighted by molar-refractivity contribution is 5.79. The fourth-order valence-corrected chi connectivity index (χ4v) is 3.11. The monoisotopic (exact) mass is 267 g/mol. The van der Waals surface area contributed by atoms with Crippen LogP contribution in [0.25, 0.3) is 0 Å². The molecule has 0 aromatic rings. The molecule has 2 amide bonds. The van der Waals surface area contributed by atoms with Crippen molar-refractivity contribution in [2.24, 2.45) is 17.6 Å². The van der Waals surface area contributed by atoms with Gasteiger partial charge in [0, 0.05) is 32.1 Å². The molecule has 2 rings (SSSR count). The minimum absolute atomic E-state index is 0.142. The molecular formula is C14H25N3O2. The Hall–Kier alpha value is -1.10. The third kappa shape index (κ3) is 3.93. The Kier molecular flexibility index (Phi) is 4.80. The van der Waals surface area contributed by atoms with E-state index in [9.17, 15) is 9.59 Å². The average Bonchev–Trinajstić information content (AvgIpc) is 2.39. The average molecular weight is 267 g/mol. The second kappa shape index (κ2) is 6.37. The van der Waals surface area contributed by atoms with E-state index < -0.39 is 0 Å². The molecule has 3 N–H and O–H groups in total. The number of nitrogens with one attached hydrogen (secondary N) is 1. The third-order valence-electron chi connectivity index (χ3n) is 4.43. The molecule has 19 heavy (non-hydrogen) atoms. The quantitative estimate of drug-likeness (QED) is 0.781. The summed E-state index contributed by atoms with van der Waals surface area (Å²) in [5.74, 6) is 0.571. The van der Waals surface area contributed by atoms with Gasteiger partial charge in [-0.1, -0.05) is 0 Å². The minimum atomic E-state index is -0.227. The predicted octanol–water partition coefficient (Wildman–Crippen LogP) is 0.489. The number of primary amides is 1. The van der Waals surface area contributed by atoms with Crippen molar-refractivity contribution in [3.63, 3.8) is 0 Å². The first-order valence-corrected chi connectivity index (χ1v) is 7.36. The Morgan fingerprint density at radius 1 is 1.21 bits per heavy atom. The highest BCUT2D eigenvalue weighted by Crippen LogP contribution is 2.23. The molecule has 5 nitrogen and oxygen atoms in total. The SMILES string of the molecule is CC1CCC(C(=O)N2CCC(CC(N)=O)CC2)CN1. The van der Waals surface area contributed by atoms with E-state index in [4.69, 9.17) is 5.73 Å². The standard InChI is InChI=1S/C14H25N3O2/c1-10-2-3-12(9-16-10)14(19)17-6-4-11(5-7-17)8-13(15)18/h10-12,16H,2-9H2,1H3,(H2,15,18). The van der Waals surface area contributed by atoms with Gasteiger partial charge in [0.15, 0.2) is 0 Å². The number of amides is 2. The van der Waals surface area contributed by atoms with Gasteiger partial charge in [-0.2, -0.15) is 0 Å². The van der Waals surface area contributed by atoms with Crippen LogP contribution in [0.3, 0.4) is 0 Å². The van der Waals surface area contributed by atoms with Gasteiger partial charge in [-0.15, -0.1) is 0 Å². The number of carbonyl (C=O) groups is 2. The molecule has 108 valence electrons. The largest absolute Gasteiger partial charge is 0.370 e. The number of piperidine rings is 2. The van der Waals surface area contributed by atoms with E-state index in [2.05, 4.69) is 12.2 Å². The van der Waals surface area contributed by atoms with Gasteiger partial charge in [0.25, 0.3) is 0 Å². The molecule has 0 aliphatic carbocycles. The van der Waals surface area contributed by atoms with E-state index in [1.807, 2.05) is 4.90 Å². The van der Waals surface area contributed by atoms with Crippen LogP contribution in [0, 0.1) is 11.8 Å². The van der Waals surface area contributed by atoms with E-state index in [0.29, 0.717) is 18.4 Å². The fraction of sp³-hybridized carbons (Fsp3) is 0.857. The lowest BCUT2D eigenvalue weighted by molar-refractivity contribution is -0.137. The second-order valence-electron chi connectivity index (χ2n) is 6.02. The van der Waals surface area contributed by atoms with Crippen molar-refractivity contribution in [1.82, 2.24) is 10.2 Å². The molecule has 2 heterocycles. The molecule has 0 spiro atoms. The minimum Gasteiger partial charge on any atom is -0.370 e. The van der Waals surface area contributed by atoms with Crippen LogP contribution in [-0.4, -0.2) is 42.4 Å². The molecule has 2 unspecified atom stereocenters. The van der Waals surface area contributed by atoms with Gasteiger partial charge in [-0.05, 0) is 38.5 Å². The van der Waals surface area contributed by atoms with Gasteiger partial charge in [0.05, 0.1) is 5.92 Å². The fourth-order valence-electron chi connectivity index (χ4n) is 3.11. The molecule has 0 bridgehead atoms. The summed E-state index contributed by atoms with van der Waals surface area (Å²) < 4.78 is 0. The summed E-state index contributed by atoms with van der Waals surface area (Å²) in [6.07, 6.45) is 4.35. The van der Waals surface area contributed by atoms with Crippen LogP contribution < -0.4 is 11.1 Å². The molecule has 2 aliphatic rings. The first kappa shape index (κ1) is 14.3. The lowest BCUT2D eigenvalue weighted by Gasteiger charge is -2.36. The lowest BCUT2D eigenvalue weighted by atomic mass is 9.90. The molecule has 2 saturated heterocycles. The van der Waals surface area contributed by atoms with Crippen molar-refractivity contribution in [1.29, 1.82) is 0 Å². The molecule has 0 saturated carbocycles. The summed E-state index contributed by atoms with van der Waals surface area (Å²) in [6, 6.07) is 0.533. The molecule has 0 aromatic carbocycles.